The molecule has 1 aliphatic rings. The van der Waals surface area contributed by atoms with Gasteiger partial charge in [-0.05, 0) is 36.8 Å². The third-order valence-electron chi connectivity index (χ3n) is 3.97. The minimum Gasteiger partial charge on any atom is -0.445 e. The zero-order valence-corrected chi connectivity index (χ0v) is 14.3. The van der Waals surface area contributed by atoms with Crippen LogP contribution >= 0.6 is 11.6 Å². The Balaban J connectivity index is 1.78. The summed E-state index contributed by atoms with van der Waals surface area (Å²) in [7, 11) is 0. The molecule has 0 radical (unpaired) electrons. The molecule has 0 aromatic heterocycles. The van der Waals surface area contributed by atoms with E-state index in [4.69, 9.17) is 16.3 Å². The van der Waals surface area contributed by atoms with Crippen LogP contribution in [0.15, 0.2) is 42.5 Å². The highest BCUT2D eigenvalue weighted by Gasteiger charge is 2.42. The number of cyclic esters (lactones) is 1. The molecule has 2 aromatic carbocycles. The van der Waals surface area contributed by atoms with Gasteiger partial charge in [-0.1, -0.05) is 29.8 Å². The Morgan fingerprint density at radius 3 is 2.73 bits per heavy atom. The highest BCUT2D eigenvalue weighted by atomic mass is 35.5. The van der Waals surface area contributed by atoms with Gasteiger partial charge in [0.2, 0.25) is 0 Å². The molecule has 3 rings (SSSR count). The Morgan fingerprint density at radius 1 is 1.31 bits per heavy atom. The minimum absolute atomic E-state index is 0.0840. The molecule has 0 bridgehead atoms. The van der Waals surface area contributed by atoms with Gasteiger partial charge in [0, 0.05) is 12.1 Å². The molecular weight excluding hydrogens is 368 g/mol. The summed E-state index contributed by atoms with van der Waals surface area (Å²) in [5.74, 6) is -1.34. The van der Waals surface area contributed by atoms with E-state index >= 15 is 0 Å². The van der Waals surface area contributed by atoms with Crippen LogP contribution in [0.4, 0.5) is 14.5 Å². The molecule has 1 heterocycles. The molecule has 136 valence electrons. The largest absolute Gasteiger partial charge is 0.445 e. The predicted molar refractivity (Wildman–Crippen MR) is 90.7 cm³/mol. The van der Waals surface area contributed by atoms with E-state index in [2.05, 4.69) is 10.1 Å². The maximum Gasteiger partial charge on any atom is 0.387 e. The van der Waals surface area contributed by atoms with Crippen LogP contribution in [-0.4, -0.2) is 24.1 Å². The molecule has 1 amide bonds. The zero-order valence-electron chi connectivity index (χ0n) is 13.6. The number of anilines is 1. The fraction of sp³-hybridized carbons (Fsp3) is 0.222. The number of nitrogens with one attached hydrogen (secondary N) is 1. The molecule has 8 heteroatoms. The maximum absolute atomic E-state index is 12.6. The molecule has 1 unspecified atom stereocenters. The monoisotopic (exact) mass is 381 g/mol. The number of fused-ring (bicyclic) bond motifs is 1. The lowest BCUT2D eigenvalue weighted by Crippen LogP contribution is -2.48. The van der Waals surface area contributed by atoms with E-state index in [1.165, 1.54) is 25.1 Å². The molecule has 26 heavy (non-hydrogen) atoms. The summed E-state index contributed by atoms with van der Waals surface area (Å²) in [4.78, 5) is 24.8. The SMILES string of the molecule is CC1(C(=O)Nc2ccc(OC(F)F)c(Cl)c2)Cc2ccccc2C(=O)O1. The highest BCUT2D eigenvalue weighted by Crippen LogP contribution is 2.32. The second-order valence-electron chi connectivity index (χ2n) is 5.93. The first-order chi connectivity index (χ1) is 12.3. The number of benzene rings is 2. The zero-order chi connectivity index (χ0) is 18.9. The van der Waals surface area contributed by atoms with Crippen LogP contribution < -0.4 is 10.1 Å². The van der Waals surface area contributed by atoms with Gasteiger partial charge in [-0.15, -0.1) is 0 Å². The van der Waals surface area contributed by atoms with Crippen LogP contribution in [0.3, 0.4) is 0 Å². The average Bonchev–Trinajstić information content (AvgIpc) is 2.57. The molecular formula is C18H14ClF2NO4. The second-order valence-corrected chi connectivity index (χ2v) is 6.34. The Morgan fingerprint density at radius 2 is 2.04 bits per heavy atom. The van der Waals surface area contributed by atoms with E-state index in [1.807, 2.05) is 0 Å². The molecule has 1 aliphatic heterocycles. The highest BCUT2D eigenvalue weighted by molar-refractivity contribution is 6.32. The number of ether oxygens (including phenoxy) is 2. The van der Waals surface area contributed by atoms with Crippen molar-refractivity contribution in [1.82, 2.24) is 0 Å². The van der Waals surface area contributed by atoms with Crippen molar-refractivity contribution in [2.75, 3.05) is 5.32 Å². The molecule has 0 fully saturated rings. The summed E-state index contributed by atoms with van der Waals surface area (Å²) < 4.78 is 34.1. The summed E-state index contributed by atoms with van der Waals surface area (Å²) in [5.41, 5.74) is -0.0111. The van der Waals surface area contributed by atoms with Gasteiger partial charge in [0.15, 0.2) is 5.60 Å². The van der Waals surface area contributed by atoms with E-state index in [0.29, 0.717) is 11.1 Å². The second kappa shape index (κ2) is 6.92. The van der Waals surface area contributed by atoms with Crippen LogP contribution in [0.25, 0.3) is 0 Å². The number of esters is 1. The van der Waals surface area contributed by atoms with Crippen LogP contribution in [0.1, 0.15) is 22.8 Å². The van der Waals surface area contributed by atoms with Gasteiger partial charge in [-0.3, -0.25) is 4.79 Å². The van der Waals surface area contributed by atoms with Crippen LogP contribution in [0, 0.1) is 0 Å². The normalized spacial score (nSPS) is 18.9. The topological polar surface area (TPSA) is 64.6 Å². The molecule has 2 aromatic rings. The average molecular weight is 382 g/mol. The fourth-order valence-corrected chi connectivity index (χ4v) is 2.92. The molecule has 0 saturated carbocycles. The molecule has 0 spiro atoms. The summed E-state index contributed by atoms with van der Waals surface area (Å²) in [6.45, 7) is -1.50. The van der Waals surface area contributed by atoms with Crippen molar-refractivity contribution < 1.29 is 27.8 Å². The van der Waals surface area contributed by atoms with Crippen molar-refractivity contribution in [3.63, 3.8) is 0 Å². The standard InChI is InChI=1S/C18H14ClF2NO4/c1-18(9-10-4-2-3-5-12(10)15(23)26-18)16(24)22-11-6-7-14(13(19)8-11)25-17(20)21/h2-8,17H,9H2,1H3,(H,22,24). The molecule has 1 N–H and O–H groups in total. The minimum atomic E-state index is -3.01. The number of hydrogen-bond donors (Lipinski definition) is 1. The van der Waals surface area contributed by atoms with E-state index in [1.54, 1.807) is 24.3 Å². The number of alkyl halides is 2. The summed E-state index contributed by atoms with van der Waals surface area (Å²) in [6.07, 6.45) is 0.209. The number of carbonyl (C=O) groups excluding carboxylic acids is 2. The Bertz CT molecular complexity index is 874. The number of amides is 1. The molecule has 5 nitrogen and oxygen atoms in total. The first kappa shape index (κ1) is 18.1. The predicted octanol–water partition coefficient (Wildman–Crippen LogP) is 4.05. The van der Waals surface area contributed by atoms with E-state index in [-0.39, 0.29) is 22.9 Å². The third kappa shape index (κ3) is 3.62. The van der Waals surface area contributed by atoms with Crippen molar-refractivity contribution in [2.24, 2.45) is 0 Å². The number of hydrogen-bond acceptors (Lipinski definition) is 4. The first-order valence-corrected chi connectivity index (χ1v) is 8.03. The van der Waals surface area contributed by atoms with Crippen LogP contribution in [0.5, 0.6) is 5.75 Å². The van der Waals surface area contributed by atoms with Crippen molar-refractivity contribution in [2.45, 2.75) is 25.6 Å². The van der Waals surface area contributed by atoms with E-state index < -0.39 is 24.1 Å². The third-order valence-corrected chi connectivity index (χ3v) is 4.26. The number of carbonyl (C=O) groups is 2. The van der Waals surface area contributed by atoms with Crippen LogP contribution in [0.2, 0.25) is 5.02 Å². The lowest BCUT2D eigenvalue weighted by Gasteiger charge is -2.33. The maximum atomic E-state index is 12.6. The van der Waals surface area contributed by atoms with Gasteiger partial charge in [0.05, 0.1) is 10.6 Å². The fourth-order valence-electron chi connectivity index (χ4n) is 2.69. The Hall–Kier alpha value is -2.67. The first-order valence-electron chi connectivity index (χ1n) is 7.65. The smallest absolute Gasteiger partial charge is 0.387 e. The Labute approximate surface area is 152 Å². The summed E-state index contributed by atoms with van der Waals surface area (Å²) in [5, 5.41) is 2.50. The summed E-state index contributed by atoms with van der Waals surface area (Å²) >= 11 is 5.87. The lowest BCUT2D eigenvalue weighted by atomic mass is 9.89. The molecule has 0 saturated heterocycles. The molecule has 1 atom stereocenters. The van der Waals surface area contributed by atoms with Crippen molar-refractivity contribution in [3.05, 3.63) is 58.6 Å². The van der Waals surface area contributed by atoms with Crippen molar-refractivity contribution >= 4 is 29.2 Å². The van der Waals surface area contributed by atoms with Crippen LogP contribution in [-0.2, 0) is 16.0 Å². The van der Waals surface area contributed by atoms with Gasteiger partial charge in [0.1, 0.15) is 5.75 Å². The van der Waals surface area contributed by atoms with Gasteiger partial charge < -0.3 is 14.8 Å². The van der Waals surface area contributed by atoms with Gasteiger partial charge >= 0.3 is 12.6 Å². The van der Waals surface area contributed by atoms with Gasteiger partial charge in [-0.2, -0.15) is 8.78 Å². The number of rotatable bonds is 4. The van der Waals surface area contributed by atoms with E-state index in [0.717, 1.165) is 0 Å². The van der Waals surface area contributed by atoms with E-state index in [9.17, 15) is 18.4 Å². The molecule has 0 aliphatic carbocycles. The van der Waals surface area contributed by atoms with Crippen molar-refractivity contribution in [3.8, 4) is 5.75 Å². The number of halogens is 3. The summed E-state index contributed by atoms with van der Waals surface area (Å²) in [6, 6.07) is 10.7. The van der Waals surface area contributed by atoms with Gasteiger partial charge in [-0.25, -0.2) is 4.79 Å². The Kier molecular flexibility index (Phi) is 4.82. The van der Waals surface area contributed by atoms with Gasteiger partial charge in [0.25, 0.3) is 5.91 Å². The quantitative estimate of drug-likeness (QED) is 0.811. The van der Waals surface area contributed by atoms with Crippen molar-refractivity contribution in [1.29, 1.82) is 0 Å². The lowest BCUT2D eigenvalue weighted by molar-refractivity contribution is -0.134.